The summed E-state index contributed by atoms with van der Waals surface area (Å²) in [6.07, 6.45) is -2.75. The van der Waals surface area contributed by atoms with Crippen LogP contribution < -0.4 is 5.32 Å². The summed E-state index contributed by atoms with van der Waals surface area (Å²) >= 11 is 0. The molecule has 3 nitrogen and oxygen atoms in total. The van der Waals surface area contributed by atoms with Gasteiger partial charge in [0, 0.05) is 5.69 Å². The van der Waals surface area contributed by atoms with Crippen molar-refractivity contribution in [2.24, 2.45) is 5.92 Å². The van der Waals surface area contributed by atoms with Crippen LogP contribution in [0, 0.1) is 5.92 Å². The molecule has 1 saturated carbocycles. The van der Waals surface area contributed by atoms with Crippen molar-refractivity contribution in [3.63, 3.8) is 0 Å². The summed E-state index contributed by atoms with van der Waals surface area (Å²) in [5.41, 5.74) is -1.49. The number of hydrogen-bond donors (Lipinski definition) is 2. The number of benzene rings is 1. The fourth-order valence-corrected chi connectivity index (χ4v) is 2.03. The van der Waals surface area contributed by atoms with Crippen molar-refractivity contribution in [1.29, 1.82) is 0 Å². The lowest BCUT2D eigenvalue weighted by Gasteiger charge is -2.27. The van der Waals surface area contributed by atoms with Crippen molar-refractivity contribution >= 4 is 11.7 Å². The maximum absolute atomic E-state index is 12.4. The predicted molar refractivity (Wildman–Crippen MR) is 63.8 cm³/mol. The van der Waals surface area contributed by atoms with E-state index in [2.05, 4.69) is 5.32 Å². The largest absolute Gasteiger partial charge is 0.480 e. The Morgan fingerprint density at radius 1 is 1.26 bits per heavy atom. The van der Waals surface area contributed by atoms with E-state index in [-0.39, 0.29) is 5.92 Å². The van der Waals surface area contributed by atoms with Gasteiger partial charge in [-0.1, -0.05) is 0 Å². The minimum atomic E-state index is -4.38. The lowest BCUT2D eigenvalue weighted by atomic mass is 9.95. The third-order valence-electron chi connectivity index (χ3n) is 3.45. The summed E-state index contributed by atoms with van der Waals surface area (Å²) in [7, 11) is 0. The maximum atomic E-state index is 12.4. The molecule has 0 amide bonds. The molecule has 0 aliphatic heterocycles. The molecule has 0 aromatic heterocycles. The van der Waals surface area contributed by atoms with Crippen LogP contribution in [0.15, 0.2) is 24.3 Å². The van der Waals surface area contributed by atoms with Crippen LogP contribution in [0.5, 0.6) is 0 Å². The topological polar surface area (TPSA) is 49.3 Å². The summed E-state index contributed by atoms with van der Waals surface area (Å²) in [4.78, 5) is 11.3. The number of carbonyl (C=O) groups is 1. The molecular formula is C13H14F3NO2. The molecule has 1 aromatic rings. The van der Waals surface area contributed by atoms with E-state index in [0.29, 0.717) is 5.69 Å². The van der Waals surface area contributed by atoms with E-state index in [4.69, 9.17) is 0 Å². The van der Waals surface area contributed by atoms with Crippen molar-refractivity contribution in [2.75, 3.05) is 5.32 Å². The quantitative estimate of drug-likeness (QED) is 0.884. The van der Waals surface area contributed by atoms with Gasteiger partial charge >= 0.3 is 12.1 Å². The Bertz CT molecular complexity index is 480. The number of carboxylic acid groups (broad SMARTS) is 1. The number of aliphatic carboxylic acids is 1. The number of rotatable bonds is 4. The number of carboxylic acids is 1. The maximum Gasteiger partial charge on any atom is 0.416 e. The Morgan fingerprint density at radius 3 is 2.16 bits per heavy atom. The highest BCUT2D eigenvalue weighted by Gasteiger charge is 2.47. The van der Waals surface area contributed by atoms with Crippen LogP contribution >= 0.6 is 0 Å². The molecule has 104 valence electrons. The second-order valence-corrected chi connectivity index (χ2v) is 4.98. The zero-order chi connectivity index (χ0) is 14.3. The lowest BCUT2D eigenvalue weighted by Crippen LogP contribution is -2.45. The Kier molecular flexibility index (Phi) is 3.20. The average molecular weight is 273 g/mol. The van der Waals surface area contributed by atoms with Gasteiger partial charge in [0.05, 0.1) is 5.56 Å². The van der Waals surface area contributed by atoms with Gasteiger partial charge in [-0.3, -0.25) is 0 Å². The minimum absolute atomic E-state index is 0.0206. The average Bonchev–Trinajstić information content (AvgIpc) is 3.12. The highest BCUT2D eigenvalue weighted by molar-refractivity contribution is 5.83. The molecular weight excluding hydrogens is 259 g/mol. The van der Waals surface area contributed by atoms with Gasteiger partial charge in [0.15, 0.2) is 0 Å². The van der Waals surface area contributed by atoms with Crippen molar-refractivity contribution in [3.05, 3.63) is 29.8 Å². The van der Waals surface area contributed by atoms with Crippen molar-refractivity contribution in [2.45, 2.75) is 31.5 Å². The molecule has 1 aliphatic carbocycles. The second kappa shape index (κ2) is 4.43. The second-order valence-electron chi connectivity index (χ2n) is 4.98. The molecule has 19 heavy (non-hydrogen) atoms. The lowest BCUT2D eigenvalue weighted by molar-refractivity contribution is -0.142. The van der Waals surface area contributed by atoms with E-state index in [0.717, 1.165) is 25.0 Å². The van der Waals surface area contributed by atoms with Crippen LogP contribution in [-0.4, -0.2) is 16.6 Å². The number of alkyl halides is 3. The Hall–Kier alpha value is -1.72. The van der Waals surface area contributed by atoms with Gasteiger partial charge in [-0.05, 0) is 49.9 Å². The molecule has 2 N–H and O–H groups in total. The summed E-state index contributed by atoms with van der Waals surface area (Å²) in [6.45, 7) is 1.56. The molecule has 1 aromatic carbocycles. The predicted octanol–water partition coefficient (Wildman–Crippen LogP) is 3.37. The SMILES string of the molecule is CC(Nc1ccc(C(F)(F)F)cc1)(C(=O)O)C1CC1. The van der Waals surface area contributed by atoms with E-state index >= 15 is 0 Å². The van der Waals surface area contributed by atoms with Crippen LogP contribution in [0.4, 0.5) is 18.9 Å². The van der Waals surface area contributed by atoms with E-state index in [1.807, 2.05) is 0 Å². The zero-order valence-corrected chi connectivity index (χ0v) is 10.3. The Balaban J connectivity index is 2.17. The molecule has 1 fully saturated rings. The van der Waals surface area contributed by atoms with Crippen LogP contribution in [0.3, 0.4) is 0 Å². The molecule has 6 heteroatoms. The summed E-state index contributed by atoms with van der Waals surface area (Å²) in [6, 6.07) is 4.40. The van der Waals surface area contributed by atoms with Gasteiger partial charge in [0.1, 0.15) is 5.54 Å². The molecule has 0 spiro atoms. The molecule has 1 unspecified atom stereocenters. The zero-order valence-electron chi connectivity index (χ0n) is 10.3. The first-order valence-electron chi connectivity index (χ1n) is 5.92. The van der Waals surface area contributed by atoms with Crippen molar-refractivity contribution in [3.8, 4) is 0 Å². The van der Waals surface area contributed by atoms with Gasteiger partial charge in [0.2, 0.25) is 0 Å². The normalized spacial score (nSPS) is 18.7. The fourth-order valence-electron chi connectivity index (χ4n) is 2.03. The number of halogens is 3. The highest BCUT2D eigenvalue weighted by atomic mass is 19.4. The van der Waals surface area contributed by atoms with Crippen LogP contribution in [0.1, 0.15) is 25.3 Å². The molecule has 0 saturated heterocycles. The van der Waals surface area contributed by atoms with E-state index in [1.165, 1.54) is 12.1 Å². The standard InChI is InChI=1S/C13H14F3NO2/c1-12(11(18)19,8-2-3-8)17-10-6-4-9(5-7-10)13(14,15)16/h4-8,17H,2-3H2,1H3,(H,18,19). The molecule has 0 radical (unpaired) electrons. The molecule has 1 aliphatic rings. The van der Waals surface area contributed by atoms with Gasteiger partial charge in [-0.25, -0.2) is 4.79 Å². The van der Waals surface area contributed by atoms with Gasteiger partial charge < -0.3 is 10.4 Å². The third-order valence-corrected chi connectivity index (χ3v) is 3.45. The molecule has 1 atom stereocenters. The molecule has 0 heterocycles. The van der Waals surface area contributed by atoms with Crippen LogP contribution in [0.2, 0.25) is 0 Å². The number of anilines is 1. The van der Waals surface area contributed by atoms with Gasteiger partial charge in [-0.15, -0.1) is 0 Å². The van der Waals surface area contributed by atoms with Crippen LogP contribution in [0.25, 0.3) is 0 Å². The summed E-state index contributed by atoms with van der Waals surface area (Å²) in [5, 5.41) is 12.1. The Morgan fingerprint density at radius 2 is 1.79 bits per heavy atom. The third kappa shape index (κ3) is 2.83. The number of hydrogen-bond acceptors (Lipinski definition) is 2. The molecule has 0 bridgehead atoms. The van der Waals surface area contributed by atoms with E-state index in [9.17, 15) is 23.1 Å². The first-order chi connectivity index (χ1) is 8.73. The van der Waals surface area contributed by atoms with Crippen molar-refractivity contribution < 1.29 is 23.1 Å². The highest BCUT2D eigenvalue weighted by Crippen LogP contribution is 2.41. The fraction of sp³-hybridized carbons (Fsp3) is 0.462. The first-order valence-corrected chi connectivity index (χ1v) is 5.92. The smallest absolute Gasteiger partial charge is 0.416 e. The Labute approximate surface area is 108 Å². The first kappa shape index (κ1) is 13.7. The number of nitrogens with one attached hydrogen (secondary N) is 1. The van der Waals surface area contributed by atoms with E-state index < -0.39 is 23.2 Å². The molecule has 2 rings (SSSR count). The summed E-state index contributed by atoms with van der Waals surface area (Å²) < 4.78 is 37.2. The van der Waals surface area contributed by atoms with Gasteiger partial charge in [0.25, 0.3) is 0 Å². The van der Waals surface area contributed by atoms with E-state index in [1.54, 1.807) is 6.92 Å². The van der Waals surface area contributed by atoms with Crippen LogP contribution in [-0.2, 0) is 11.0 Å². The van der Waals surface area contributed by atoms with Gasteiger partial charge in [-0.2, -0.15) is 13.2 Å². The summed E-state index contributed by atoms with van der Waals surface area (Å²) in [5.74, 6) is -0.970. The van der Waals surface area contributed by atoms with Crippen molar-refractivity contribution in [1.82, 2.24) is 0 Å². The minimum Gasteiger partial charge on any atom is -0.480 e. The monoisotopic (exact) mass is 273 g/mol.